The normalized spacial score (nSPS) is 19.1. The summed E-state index contributed by atoms with van der Waals surface area (Å²) < 4.78 is 24.9. The molecule has 0 aromatic heterocycles. The van der Waals surface area contributed by atoms with Crippen LogP contribution in [0.15, 0.2) is 34.2 Å². The van der Waals surface area contributed by atoms with Gasteiger partial charge < -0.3 is 5.32 Å². The maximum absolute atomic E-state index is 12.4. The summed E-state index contributed by atoms with van der Waals surface area (Å²) >= 11 is 2.23. The van der Waals surface area contributed by atoms with E-state index in [1.807, 2.05) is 6.07 Å². The van der Waals surface area contributed by atoms with Gasteiger partial charge in [-0.1, -0.05) is 42.6 Å². The number of hydrogen-bond donors (Lipinski definition) is 1. The Morgan fingerprint density at radius 3 is 2.94 bits per heavy atom. The lowest BCUT2D eigenvalue weighted by molar-refractivity contribution is 0.252. The highest BCUT2D eigenvalue weighted by atomic mass is 32.2. The number of aliphatic imine (C=N–C) groups is 1. The summed E-state index contributed by atoms with van der Waals surface area (Å²) in [6.07, 6.45) is 1.06. The molecule has 1 unspecified atom stereocenters. The zero-order valence-corrected chi connectivity index (χ0v) is 11.5. The highest BCUT2D eigenvalue weighted by Gasteiger charge is 2.19. The Bertz CT molecular complexity index is 438. The van der Waals surface area contributed by atoms with Gasteiger partial charge in [0.25, 0.3) is 5.76 Å². The molecule has 0 bridgehead atoms. The highest BCUT2D eigenvalue weighted by Crippen LogP contribution is 2.33. The first-order valence-electron chi connectivity index (χ1n) is 5.71. The third kappa shape index (κ3) is 3.62. The highest BCUT2D eigenvalue weighted by molar-refractivity contribution is 8.15. The van der Waals surface area contributed by atoms with Crippen LogP contribution in [0, 0.1) is 0 Å². The van der Waals surface area contributed by atoms with E-state index >= 15 is 0 Å². The molecule has 0 saturated carbocycles. The van der Waals surface area contributed by atoms with Gasteiger partial charge in [-0.3, -0.25) is 4.99 Å². The van der Waals surface area contributed by atoms with E-state index in [0.717, 1.165) is 18.1 Å². The fourth-order valence-corrected chi connectivity index (χ4v) is 3.13. The molecule has 0 radical (unpaired) electrons. The fraction of sp³-hybridized carbons (Fsp3) is 0.417. The number of nitrogens with one attached hydrogen (secondary N) is 1. The molecular formula is C12H14F2N2S2. The maximum atomic E-state index is 12.4. The number of anilines is 1. The molecular weight excluding hydrogens is 274 g/mol. The van der Waals surface area contributed by atoms with Crippen LogP contribution >= 0.6 is 23.5 Å². The van der Waals surface area contributed by atoms with Crippen molar-refractivity contribution in [1.82, 2.24) is 0 Å². The molecule has 0 saturated heterocycles. The molecule has 1 N–H and O–H groups in total. The van der Waals surface area contributed by atoms with E-state index in [0.29, 0.717) is 27.6 Å². The SMILES string of the molecule is CCC1CN=C(Nc2ccccc2SC(F)F)S1. The van der Waals surface area contributed by atoms with Gasteiger partial charge in [-0.25, -0.2) is 0 Å². The van der Waals surface area contributed by atoms with Gasteiger partial charge in [0.2, 0.25) is 0 Å². The summed E-state index contributed by atoms with van der Waals surface area (Å²) in [5.41, 5.74) is 0.700. The topological polar surface area (TPSA) is 24.4 Å². The zero-order chi connectivity index (χ0) is 13.0. The van der Waals surface area contributed by atoms with E-state index in [2.05, 4.69) is 17.2 Å². The number of nitrogens with zero attached hydrogens (tertiary/aromatic N) is 1. The molecule has 0 amide bonds. The number of alkyl halides is 2. The molecule has 1 aliphatic heterocycles. The number of para-hydroxylation sites is 1. The number of amidine groups is 1. The summed E-state index contributed by atoms with van der Waals surface area (Å²) in [6, 6.07) is 7.08. The molecule has 0 spiro atoms. The maximum Gasteiger partial charge on any atom is 0.288 e. The summed E-state index contributed by atoms with van der Waals surface area (Å²) in [6.45, 7) is 2.92. The van der Waals surface area contributed by atoms with Gasteiger partial charge in [-0.2, -0.15) is 8.78 Å². The molecule has 0 aliphatic carbocycles. The predicted molar refractivity (Wildman–Crippen MR) is 75.9 cm³/mol. The second-order valence-corrected chi connectivity index (χ2v) is 6.11. The standard InChI is InChI=1S/C12H14F2N2S2/c1-2-8-7-15-12(17-8)16-9-5-3-4-6-10(9)18-11(13)14/h3-6,8,11H,2,7H2,1H3,(H,15,16). The van der Waals surface area contributed by atoms with Crippen LogP contribution in [0.25, 0.3) is 0 Å². The third-order valence-corrected chi connectivity index (χ3v) is 4.58. The Morgan fingerprint density at radius 2 is 2.28 bits per heavy atom. The van der Waals surface area contributed by atoms with Crippen molar-refractivity contribution in [1.29, 1.82) is 0 Å². The van der Waals surface area contributed by atoms with Crippen LogP contribution in [0.1, 0.15) is 13.3 Å². The second-order valence-electron chi connectivity index (χ2n) is 3.79. The first-order valence-corrected chi connectivity index (χ1v) is 7.47. The van der Waals surface area contributed by atoms with Gasteiger partial charge in [0, 0.05) is 10.1 Å². The Morgan fingerprint density at radius 1 is 1.50 bits per heavy atom. The monoisotopic (exact) mass is 288 g/mol. The molecule has 2 rings (SSSR count). The van der Waals surface area contributed by atoms with E-state index in [1.165, 1.54) is 0 Å². The molecule has 6 heteroatoms. The third-order valence-electron chi connectivity index (χ3n) is 2.52. The fourth-order valence-electron chi connectivity index (χ4n) is 1.58. The molecule has 98 valence electrons. The van der Waals surface area contributed by atoms with E-state index in [9.17, 15) is 8.78 Å². The predicted octanol–water partition coefficient (Wildman–Crippen LogP) is 4.29. The number of benzene rings is 1. The van der Waals surface area contributed by atoms with Gasteiger partial charge in [0.15, 0.2) is 5.17 Å². The molecule has 0 fully saturated rings. The van der Waals surface area contributed by atoms with E-state index in [-0.39, 0.29) is 0 Å². The lowest BCUT2D eigenvalue weighted by Crippen LogP contribution is -2.07. The van der Waals surface area contributed by atoms with Crippen molar-refractivity contribution in [3.8, 4) is 0 Å². The van der Waals surface area contributed by atoms with Crippen molar-refractivity contribution in [2.24, 2.45) is 4.99 Å². The first-order chi connectivity index (χ1) is 8.69. The summed E-state index contributed by atoms with van der Waals surface area (Å²) in [7, 11) is 0. The van der Waals surface area contributed by atoms with Crippen LogP contribution in [-0.2, 0) is 0 Å². The minimum atomic E-state index is -2.41. The minimum absolute atomic E-state index is 0.502. The van der Waals surface area contributed by atoms with Crippen molar-refractivity contribution in [3.05, 3.63) is 24.3 Å². The largest absolute Gasteiger partial charge is 0.334 e. The first kappa shape index (κ1) is 13.7. The van der Waals surface area contributed by atoms with Crippen LogP contribution in [-0.4, -0.2) is 22.7 Å². The molecule has 1 aromatic carbocycles. The molecule has 2 nitrogen and oxygen atoms in total. The van der Waals surface area contributed by atoms with Crippen LogP contribution in [0.5, 0.6) is 0 Å². The number of hydrogen-bond acceptors (Lipinski definition) is 4. The minimum Gasteiger partial charge on any atom is -0.334 e. The molecule has 1 aromatic rings. The molecule has 1 aliphatic rings. The number of thioether (sulfide) groups is 2. The van der Waals surface area contributed by atoms with Crippen LogP contribution < -0.4 is 5.32 Å². The summed E-state index contributed by atoms with van der Waals surface area (Å²) in [5, 5.41) is 4.46. The average molecular weight is 288 g/mol. The lowest BCUT2D eigenvalue weighted by Gasteiger charge is -2.11. The average Bonchev–Trinajstić information content (AvgIpc) is 2.79. The smallest absolute Gasteiger partial charge is 0.288 e. The lowest BCUT2D eigenvalue weighted by atomic mass is 10.3. The van der Waals surface area contributed by atoms with Crippen molar-refractivity contribution in [2.45, 2.75) is 29.2 Å². The van der Waals surface area contributed by atoms with Crippen molar-refractivity contribution in [3.63, 3.8) is 0 Å². The van der Waals surface area contributed by atoms with Crippen LogP contribution in [0.3, 0.4) is 0 Å². The van der Waals surface area contributed by atoms with Crippen LogP contribution in [0.4, 0.5) is 14.5 Å². The number of rotatable bonds is 4. The van der Waals surface area contributed by atoms with Crippen molar-refractivity contribution >= 4 is 34.4 Å². The van der Waals surface area contributed by atoms with Gasteiger partial charge >= 0.3 is 0 Å². The molecule has 18 heavy (non-hydrogen) atoms. The van der Waals surface area contributed by atoms with Crippen LogP contribution in [0.2, 0.25) is 0 Å². The van der Waals surface area contributed by atoms with Crippen molar-refractivity contribution in [2.75, 3.05) is 11.9 Å². The van der Waals surface area contributed by atoms with Gasteiger partial charge in [0.05, 0.1) is 12.2 Å². The molecule has 1 heterocycles. The molecule has 1 atom stereocenters. The van der Waals surface area contributed by atoms with Gasteiger partial charge in [-0.15, -0.1) is 0 Å². The Labute approximate surface area is 114 Å². The van der Waals surface area contributed by atoms with E-state index in [1.54, 1.807) is 30.0 Å². The Balaban J connectivity index is 2.05. The Hall–Kier alpha value is -0.750. The zero-order valence-electron chi connectivity index (χ0n) is 9.90. The van der Waals surface area contributed by atoms with Crippen molar-refractivity contribution < 1.29 is 8.78 Å². The Kier molecular flexibility index (Phi) is 4.88. The van der Waals surface area contributed by atoms with Gasteiger partial charge in [0.1, 0.15) is 0 Å². The summed E-state index contributed by atoms with van der Waals surface area (Å²) in [4.78, 5) is 4.93. The van der Waals surface area contributed by atoms with E-state index < -0.39 is 5.76 Å². The summed E-state index contributed by atoms with van der Waals surface area (Å²) in [5.74, 6) is -2.41. The number of halogens is 2. The quantitative estimate of drug-likeness (QED) is 0.836. The van der Waals surface area contributed by atoms with E-state index in [4.69, 9.17) is 0 Å². The second kappa shape index (κ2) is 6.43. The van der Waals surface area contributed by atoms with Gasteiger partial charge in [-0.05, 0) is 18.6 Å².